The van der Waals surface area contributed by atoms with Gasteiger partial charge in [0, 0.05) is 5.92 Å². The van der Waals surface area contributed by atoms with Crippen LogP contribution in [0.1, 0.15) is 53.4 Å². The molecule has 2 fully saturated rings. The molecule has 2 N–H and O–H groups in total. The van der Waals surface area contributed by atoms with Crippen LogP contribution in [0.4, 0.5) is 0 Å². The quantitative estimate of drug-likeness (QED) is 0.792. The standard InChI is InChI=1S/C14H25NO2/c1-13(2,14(3,4)17)15-12(16)11-8-9-5-6-10(11)7-9/h9-11,17H,5-8H2,1-4H3,(H,15,16). The number of nitrogens with one attached hydrogen (secondary N) is 1. The molecular weight excluding hydrogens is 214 g/mol. The summed E-state index contributed by atoms with van der Waals surface area (Å²) >= 11 is 0. The molecule has 17 heavy (non-hydrogen) atoms. The van der Waals surface area contributed by atoms with Gasteiger partial charge in [-0.15, -0.1) is 0 Å². The highest BCUT2D eigenvalue weighted by Gasteiger charge is 2.45. The molecule has 1 amide bonds. The Hall–Kier alpha value is -0.570. The Kier molecular flexibility index (Phi) is 3.01. The van der Waals surface area contributed by atoms with Crippen LogP contribution in [-0.2, 0) is 4.79 Å². The molecule has 0 aromatic carbocycles. The van der Waals surface area contributed by atoms with E-state index in [1.54, 1.807) is 13.8 Å². The molecule has 3 nitrogen and oxygen atoms in total. The number of amides is 1. The van der Waals surface area contributed by atoms with Crippen LogP contribution in [0.3, 0.4) is 0 Å². The van der Waals surface area contributed by atoms with Crippen molar-refractivity contribution in [1.82, 2.24) is 5.32 Å². The zero-order chi connectivity index (χ0) is 12.8. The van der Waals surface area contributed by atoms with Crippen molar-refractivity contribution in [2.75, 3.05) is 0 Å². The van der Waals surface area contributed by atoms with E-state index in [0.717, 1.165) is 12.3 Å². The number of carbonyl (C=O) groups is 1. The van der Waals surface area contributed by atoms with Gasteiger partial charge in [-0.05, 0) is 58.8 Å². The molecule has 0 radical (unpaired) electrons. The number of aliphatic hydroxyl groups is 1. The van der Waals surface area contributed by atoms with Crippen LogP contribution in [0.2, 0.25) is 0 Å². The Morgan fingerprint density at radius 1 is 1.18 bits per heavy atom. The Bertz CT molecular complexity index is 317. The summed E-state index contributed by atoms with van der Waals surface area (Å²) < 4.78 is 0. The van der Waals surface area contributed by atoms with Gasteiger partial charge in [0.2, 0.25) is 5.91 Å². The van der Waals surface area contributed by atoms with Crippen LogP contribution in [0, 0.1) is 17.8 Å². The van der Waals surface area contributed by atoms with E-state index in [4.69, 9.17) is 0 Å². The second-order valence-electron chi connectivity index (χ2n) is 6.95. The Morgan fingerprint density at radius 2 is 1.82 bits per heavy atom. The third-order valence-corrected chi connectivity index (χ3v) is 5.04. The lowest BCUT2D eigenvalue weighted by atomic mass is 9.83. The smallest absolute Gasteiger partial charge is 0.223 e. The van der Waals surface area contributed by atoms with Crippen molar-refractivity contribution in [3.8, 4) is 0 Å². The Labute approximate surface area is 104 Å². The highest BCUT2D eigenvalue weighted by molar-refractivity contribution is 5.80. The van der Waals surface area contributed by atoms with Crippen LogP contribution < -0.4 is 5.32 Å². The molecule has 0 heterocycles. The van der Waals surface area contributed by atoms with Crippen molar-refractivity contribution in [3.63, 3.8) is 0 Å². The van der Waals surface area contributed by atoms with Gasteiger partial charge < -0.3 is 10.4 Å². The van der Waals surface area contributed by atoms with E-state index in [-0.39, 0.29) is 11.8 Å². The minimum Gasteiger partial charge on any atom is -0.388 e. The molecule has 3 atom stereocenters. The highest BCUT2D eigenvalue weighted by atomic mass is 16.3. The van der Waals surface area contributed by atoms with Gasteiger partial charge >= 0.3 is 0 Å². The van der Waals surface area contributed by atoms with E-state index in [2.05, 4.69) is 5.32 Å². The molecule has 0 spiro atoms. The van der Waals surface area contributed by atoms with Gasteiger partial charge in [-0.3, -0.25) is 4.79 Å². The molecular formula is C14H25NO2. The minimum atomic E-state index is -0.903. The lowest BCUT2D eigenvalue weighted by Crippen LogP contribution is -2.59. The predicted molar refractivity (Wildman–Crippen MR) is 67.5 cm³/mol. The Morgan fingerprint density at radius 3 is 2.24 bits per heavy atom. The molecule has 0 saturated heterocycles. The third-order valence-electron chi connectivity index (χ3n) is 5.04. The van der Waals surface area contributed by atoms with Crippen LogP contribution in [-0.4, -0.2) is 22.2 Å². The van der Waals surface area contributed by atoms with Crippen molar-refractivity contribution in [2.45, 2.75) is 64.5 Å². The molecule has 0 aliphatic heterocycles. The first-order valence-corrected chi connectivity index (χ1v) is 6.75. The summed E-state index contributed by atoms with van der Waals surface area (Å²) in [5, 5.41) is 13.1. The number of rotatable bonds is 3. The topological polar surface area (TPSA) is 49.3 Å². The first-order chi connectivity index (χ1) is 7.71. The number of hydrogen-bond acceptors (Lipinski definition) is 2. The normalized spacial score (nSPS) is 32.9. The molecule has 0 aromatic rings. The summed E-state index contributed by atoms with van der Waals surface area (Å²) in [5.41, 5.74) is -1.48. The van der Waals surface area contributed by atoms with Gasteiger partial charge in [-0.1, -0.05) is 6.42 Å². The van der Waals surface area contributed by atoms with Crippen molar-refractivity contribution in [2.24, 2.45) is 17.8 Å². The summed E-state index contributed by atoms with van der Waals surface area (Å²) in [7, 11) is 0. The summed E-state index contributed by atoms with van der Waals surface area (Å²) in [4.78, 5) is 12.3. The molecule has 0 aromatic heterocycles. The molecule has 2 rings (SSSR count). The monoisotopic (exact) mass is 239 g/mol. The average molecular weight is 239 g/mol. The summed E-state index contributed by atoms with van der Waals surface area (Å²) in [6, 6.07) is 0. The number of hydrogen-bond donors (Lipinski definition) is 2. The molecule has 2 aliphatic rings. The lowest BCUT2D eigenvalue weighted by Gasteiger charge is -2.39. The van der Waals surface area contributed by atoms with Crippen LogP contribution in [0.25, 0.3) is 0 Å². The molecule has 2 bridgehead atoms. The second kappa shape index (κ2) is 3.98. The van der Waals surface area contributed by atoms with Crippen molar-refractivity contribution in [1.29, 1.82) is 0 Å². The average Bonchev–Trinajstić information content (AvgIpc) is 2.75. The van der Waals surface area contributed by atoms with Gasteiger partial charge in [0.05, 0.1) is 11.1 Å². The Balaban J connectivity index is 1.98. The van der Waals surface area contributed by atoms with E-state index >= 15 is 0 Å². The van der Waals surface area contributed by atoms with Crippen LogP contribution in [0.5, 0.6) is 0 Å². The summed E-state index contributed by atoms with van der Waals surface area (Å²) in [6.45, 7) is 7.26. The first-order valence-electron chi connectivity index (χ1n) is 6.75. The SMILES string of the molecule is CC(C)(O)C(C)(C)NC(=O)C1CC2CCC1C2. The van der Waals surface area contributed by atoms with E-state index in [1.165, 1.54) is 19.3 Å². The molecule has 98 valence electrons. The maximum atomic E-state index is 12.3. The molecule has 3 heteroatoms. The number of carbonyl (C=O) groups excluding carboxylic acids is 1. The number of fused-ring (bicyclic) bond motifs is 2. The van der Waals surface area contributed by atoms with Gasteiger partial charge in [-0.2, -0.15) is 0 Å². The maximum Gasteiger partial charge on any atom is 0.223 e. The fourth-order valence-corrected chi connectivity index (χ4v) is 3.12. The van der Waals surface area contributed by atoms with E-state index < -0.39 is 11.1 Å². The minimum absolute atomic E-state index is 0.143. The first kappa shape index (κ1) is 12.9. The van der Waals surface area contributed by atoms with Gasteiger partial charge in [0.25, 0.3) is 0 Å². The fraction of sp³-hybridized carbons (Fsp3) is 0.929. The van der Waals surface area contributed by atoms with Crippen molar-refractivity contribution < 1.29 is 9.90 Å². The van der Waals surface area contributed by atoms with Gasteiger partial charge in [0.15, 0.2) is 0 Å². The molecule has 2 aliphatic carbocycles. The van der Waals surface area contributed by atoms with E-state index in [1.807, 2.05) is 13.8 Å². The van der Waals surface area contributed by atoms with Crippen molar-refractivity contribution in [3.05, 3.63) is 0 Å². The van der Waals surface area contributed by atoms with Gasteiger partial charge in [-0.25, -0.2) is 0 Å². The summed E-state index contributed by atoms with van der Waals surface area (Å²) in [6.07, 6.45) is 4.81. The molecule has 2 saturated carbocycles. The lowest BCUT2D eigenvalue weighted by molar-refractivity contribution is -0.131. The summed E-state index contributed by atoms with van der Waals surface area (Å²) in [5.74, 6) is 1.71. The van der Waals surface area contributed by atoms with Crippen LogP contribution in [0.15, 0.2) is 0 Å². The second-order valence-corrected chi connectivity index (χ2v) is 6.95. The maximum absolute atomic E-state index is 12.3. The predicted octanol–water partition coefficient (Wildman–Crippen LogP) is 2.09. The highest BCUT2D eigenvalue weighted by Crippen LogP contribution is 2.48. The van der Waals surface area contributed by atoms with E-state index in [9.17, 15) is 9.90 Å². The fourth-order valence-electron chi connectivity index (χ4n) is 3.12. The van der Waals surface area contributed by atoms with Crippen LogP contribution >= 0.6 is 0 Å². The largest absolute Gasteiger partial charge is 0.388 e. The molecule has 3 unspecified atom stereocenters. The zero-order valence-electron chi connectivity index (χ0n) is 11.4. The zero-order valence-corrected chi connectivity index (χ0v) is 11.4. The van der Waals surface area contributed by atoms with Gasteiger partial charge in [0.1, 0.15) is 0 Å². The van der Waals surface area contributed by atoms with E-state index in [0.29, 0.717) is 5.92 Å². The third kappa shape index (κ3) is 2.35. The van der Waals surface area contributed by atoms with Crippen molar-refractivity contribution >= 4 is 5.91 Å².